The SMILES string of the molecule is COc1cc(Nc2ncc3c(n2)CN([C@@H]2CCN(C(=O)c4ccc5[nH]nnc5c4)[C@H](C)C2)C3)cc(C(F)(F)F)c1. The van der Waals surface area contributed by atoms with Gasteiger partial charge in [-0.25, -0.2) is 9.97 Å². The van der Waals surface area contributed by atoms with Crippen LogP contribution >= 0.6 is 0 Å². The van der Waals surface area contributed by atoms with Crippen molar-refractivity contribution in [2.45, 2.75) is 51.1 Å². The number of benzene rings is 2. The van der Waals surface area contributed by atoms with E-state index in [9.17, 15) is 18.0 Å². The van der Waals surface area contributed by atoms with Crippen molar-refractivity contribution < 1.29 is 22.7 Å². The zero-order valence-corrected chi connectivity index (χ0v) is 21.9. The molecule has 1 saturated heterocycles. The molecule has 4 heterocycles. The van der Waals surface area contributed by atoms with Crippen molar-refractivity contribution in [2.75, 3.05) is 19.0 Å². The van der Waals surface area contributed by atoms with Crippen LogP contribution in [0.4, 0.5) is 24.8 Å². The van der Waals surface area contributed by atoms with Crippen LogP contribution in [0, 0.1) is 0 Å². The van der Waals surface area contributed by atoms with Gasteiger partial charge in [-0.1, -0.05) is 5.21 Å². The maximum absolute atomic E-state index is 13.3. The van der Waals surface area contributed by atoms with Crippen LogP contribution in [0.3, 0.4) is 0 Å². The third-order valence-corrected chi connectivity index (χ3v) is 7.60. The van der Waals surface area contributed by atoms with E-state index in [2.05, 4.69) is 42.5 Å². The van der Waals surface area contributed by atoms with E-state index in [0.717, 1.165) is 41.7 Å². The maximum Gasteiger partial charge on any atom is 0.416 e. The lowest BCUT2D eigenvalue weighted by molar-refractivity contribution is -0.137. The third kappa shape index (κ3) is 5.04. The summed E-state index contributed by atoms with van der Waals surface area (Å²) in [5.41, 5.74) is 3.23. The van der Waals surface area contributed by atoms with E-state index in [1.165, 1.54) is 13.2 Å². The number of aromatic nitrogens is 5. The summed E-state index contributed by atoms with van der Waals surface area (Å²) >= 11 is 0. The summed E-state index contributed by atoms with van der Waals surface area (Å²) in [7, 11) is 1.32. The van der Waals surface area contributed by atoms with Crippen molar-refractivity contribution in [2.24, 2.45) is 0 Å². The Balaban J connectivity index is 1.11. The fourth-order valence-electron chi connectivity index (χ4n) is 5.50. The smallest absolute Gasteiger partial charge is 0.416 e. The first kappa shape index (κ1) is 26.0. The second kappa shape index (κ2) is 10.0. The van der Waals surface area contributed by atoms with Crippen molar-refractivity contribution in [3.05, 3.63) is 65.0 Å². The van der Waals surface area contributed by atoms with Crippen LogP contribution in [0.5, 0.6) is 5.75 Å². The lowest BCUT2D eigenvalue weighted by Crippen LogP contribution is -2.50. The van der Waals surface area contributed by atoms with Crippen LogP contribution in [0.15, 0.2) is 42.6 Å². The minimum atomic E-state index is -4.51. The molecule has 40 heavy (non-hydrogen) atoms. The summed E-state index contributed by atoms with van der Waals surface area (Å²) < 4.78 is 44.9. The highest BCUT2D eigenvalue weighted by Crippen LogP contribution is 2.35. The fraction of sp³-hybridized carbons (Fsp3) is 0.370. The molecule has 0 saturated carbocycles. The molecule has 0 unspecified atom stereocenters. The van der Waals surface area contributed by atoms with Gasteiger partial charge in [-0.3, -0.25) is 14.8 Å². The molecule has 1 amide bonds. The lowest BCUT2D eigenvalue weighted by atomic mass is 9.96. The quantitative estimate of drug-likeness (QED) is 0.372. The first-order chi connectivity index (χ1) is 19.2. The van der Waals surface area contributed by atoms with Gasteiger partial charge in [0.25, 0.3) is 5.91 Å². The van der Waals surface area contributed by atoms with Crippen molar-refractivity contribution in [1.82, 2.24) is 35.2 Å². The number of fused-ring (bicyclic) bond motifs is 2. The number of amides is 1. The minimum absolute atomic E-state index is 0.0200. The summed E-state index contributed by atoms with van der Waals surface area (Å²) in [4.78, 5) is 26.4. The second-order valence-corrected chi connectivity index (χ2v) is 10.2. The predicted molar refractivity (Wildman–Crippen MR) is 140 cm³/mol. The Hall–Kier alpha value is -4.26. The second-order valence-electron chi connectivity index (χ2n) is 10.2. The summed E-state index contributed by atoms with van der Waals surface area (Å²) in [5.74, 6) is 0.288. The molecule has 0 radical (unpaired) electrons. The number of halogens is 3. The van der Waals surface area contributed by atoms with E-state index in [1.807, 2.05) is 11.0 Å². The van der Waals surface area contributed by atoms with E-state index in [1.54, 1.807) is 18.3 Å². The summed E-state index contributed by atoms with van der Waals surface area (Å²) in [6.45, 7) is 3.98. The number of hydrogen-bond donors (Lipinski definition) is 2. The van der Waals surface area contributed by atoms with Crippen LogP contribution in [-0.4, -0.2) is 66.8 Å². The first-order valence-corrected chi connectivity index (χ1v) is 12.9. The minimum Gasteiger partial charge on any atom is -0.497 e. The molecule has 1 fully saturated rings. The van der Waals surface area contributed by atoms with E-state index in [4.69, 9.17) is 4.74 Å². The molecule has 4 aromatic rings. The van der Waals surface area contributed by atoms with Gasteiger partial charge in [-0.15, -0.1) is 5.10 Å². The highest BCUT2D eigenvalue weighted by Gasteiger charge is 2.35. The van der Waals surface area contributed by atoms with E-state index in [-0.39, 0.29) is 35.4 Å². The Morgan fingerprint density at radius 2 is 2.02 bits per heavy atom. The van der Waals surface area contributed by atoms with Crippen LogP contribution < -0.4 is 10.1 Å². The van der Waals surface area contributed by atoms with E-state index in [0.29, 0.717) is 30.7 Å². The van der Waals surface area contributed by atoms with Crippen LogP contribution in [0.1, 0.15) is 46.9 Å². The largest absolute Gasteiger partial charge is 0.497 e. The van der Waals surface area contributed by atoms with E-state index >= 15 is 0 Å². The molecule has 2 aromatic heterocycles. The number of methoxy groups -OCH3 is 1. The van der Waals surface area contributed by atoms with Gasteiger partial charge < -0.3 is 15.0 Å². The average Bonchev–Trinajstić information content (AvgIpc) is 3.58. The highest BCUT2D eigenvalue weighted by molar-refractivity contribution is 5.97. The molecule has 0 aliphatic carbocycles. The number of piperidine rings is 1. The average molecular weight is 553 g/mol. The van der Waals surface area contributed by atoms with E-state index < -0.39 is 11.7 Å². The highest BCUT2D eigenvalue weighted by atomic mass is 19.4. The molecule has 0 spiro atoms. The number of nitrogens with zero attached hydrogens (tertiary/aromatic N) is 6. The molecule has 10 nitrogen and oxygen atoms in total. The molecule has 208 valence electrons. The number of carbonyl (C=O) groups is 1. The molecule has 13 heteroatoms. The van der Waals surface area contributed by atoms with Gasteiger partial charge in [0, 0.05) is 60.8 Å². The molecule has 0 bridgehead atoms. The van der Waals surface area contributed by atoms with Gasteiger partial charge in [-0.2, -0.15) is 13.2 Å². The maximum atomic E-state index is 13.3. The molecule has 2 aliphatic heterocycles. The van der Waals surface area contributed by atoms with Crippen molar-refractivity contribution in [1.29, 1.82) is 0 Å². The van der Waals surface area contributed by atoms with Gasteiger partial charge in [-0.05, 0) is 50.1 Å². The van der Waals surface area contributed by atoms with Crippen LogP contribution in [0.2, 0.25) is 0 Å². The Bertz CT molecular complexity index is 1570. The number of likely N-dealkylation sites (tertiary alicyclic amines) is 1. The summed E-state index contributed by atoms with van der Waals surface area (Å²) in [6.07, 6.45) is -1.16. The van der Waals surface area contributed by atoms with Crippen molar-refractivity contribution >= 4 is 28.6 Å². The van der Waals surface area contributed by atoms with Gasteiger partial charge in [0.15, 0.2) is 0 Å². The molecule has 2 N–H and O–H groups in total. The number of nitrogens with one attached hydrogen (secondary N) is 2. The summed E-state index contributed by atoms with van der Waals surface area (Å²) in [6, 6.07) is 9.09. The van der Waals surface area contributed by atoms with Crippen molar-refractivity contribution in [3.8, 4) is 5.75 Å². The zero-order chi connectivity index (χ0) is 28.0. The normalized spacial score (nSPS) is 19.6. The number of aromatic amines is 1. The number of carbonyl (C=O) groups excluding carboxylic acids is 1. The zero-order valence-electron chi connectivity index (χ0n) is 21.9. The Kier molecular flexibility index (Phi) is 6.53. The number of anilines is 2. The van der Waals surface area contributed by atoms with Crippen LogP contribution in [-0.2, 0) is 19.3 Å². The predicted octanol–water partition coefficient (Wildman–Crippen LogP) is 4.53. The first-order valence-electron chi connectivity index (χ1n) is 12.9. The van der Waals surface area contributed by atoms with Gasteiger partial charge in [0.2, 0.25) is 5.95 Å². The summed E-state index contributed by atoms with van der Waals surface area (Å²) in [5, 5.41) is 13.5. The molecule has 6 rings (SSSR count). The molecule has 2 aliphatic rings. The Morgan fingerprint density at radius 3 is 2.80 bits per heavy atom. The monoisotopic (exact) mass is 552 g/mol. The molecular formula is C27H27F3N8O2. The fourth-order valence-corrected chi connectivity index (χ4v) is 5.50. The van der Waals surface area contributed by atoms with Gasteiger partial charge in [0.1, 0.15) is 11.3 Å². The molecule has 2 atom stereocenters. The number of H-pyrrole nitrogens is 1. The third-order valence-electron chi connectivity index (χ3n) is 7.60. The molecular weight excluding hydrogens is 525 g/mol. The van der Waals surface area contributed by atoms with Gasteiger partial charge >= 0.3 is 6.18 Å². The Labute approximate surface area is 227 Å². The number of rotatable bonds is 5. The Morgan fingerprint density at radius 1 is 1.18 bits per heavy atom. The van der Waals surface area contributed by atoms with Crippen molar-refractivity contribution in [3.63, 3.8) is 0 Å². The topological polar surface area (TPSA) is 112 Å². The lowest BCUT2D eigenvalue weighted by Gasteiger charge is -2.41. The molecule has 2 aromatic carbocycles. The van der Waals surface area contributed by atoms with Crippen LogP contribution in [0.25, 0.3) is 11.0 Å². The number of ether oxygens (including phenoxy) is 1. The van der Waals surface area contributed by atoms with Gasteiger partial charge in [0.05, 0.1) is 23.9 Å². The standard InChI is InChI=1S/C27H27F3N8O2/c1-15-7-20(5-6-38(15)25(39)16-3-4-22-23(8-16)35-36-34-22)37-13-17-12-31-26(33-24(17)14-37)32-19-9-18(27(28,29)30)10-21(11-19)40-2/h3-4,8-12,15,20H,5-7,13-14H2,1-2H3,(H,31,32,33)(H,34,35,36)/t15-,20-/m1/s1. The number of hydrogen-bond acceptors (Lipinski definition) is 8. The number of alkyl halides is 3.